The molecule has 17 heavy (non-hydrogen) atoms. The second kappa shape index (κ2) is 6.93. The van der Waals surface area contributed by atoms with E-state index in [0.29, 0.717) is 32.8 Å². The number of nitrogens with zero attached hydrogens (tertiary/aromatic N) is 1. The van der Waals surface area contributed by atoms with Crippen LogP contribution in [0.4, 0.5) is 0 Å². The first-order chi connectivity index (χ1) is 8.05. The van der Waals surface area contributed by atoms with Gasteiger partial charge in [-0.05, 0) is 11.8 Å². The van der Waals surface area contributed by atoms with E-state index >= 15 is 0 Å². The van der Waals surface area contributed by atoms with Gasteiger partial charge in [0, 0.05) is 26.2 Å². The van der Waals surface area contributed by atoms with Crippen molar-refractivity contribution in [2.45, 2.75) is 20.3 Å². The van der Waals surface area contributed by atoms with E-state index in [1.54, 1.807) is 0 Å². The van der Waals surface area contributed by atoms with Gasteiger partial charge in [0.25, 0.3) is 0 Å². The fraction of sp³-hybridized carbons (Fsp3) is 0.917. The third kappa shape index (κ3) is 5.48. The number of hydrogen-bond acceptors (Lipinski definition) is 4. The molecule has 0 aromatic carbocycles. The molecule has 0 saturated carbocycles. The van der Waals surface area contributed by atoms with Crippen LogP contribution in [-0.2, 0) is 9.53 Å². The summed E-state index contributed by atoms with van der Waals surface area (Å²) in [5.74, 6) is 0.132. The van der Waals surface area contributed by atoms with Crippen LogP contribution in [0.1, 0.15) is 20.3 Å². The van der Waals surface area contributed by atoms with Gasteiger partial charge in [-0.2, -0.15) is 0 Å². The molecule has 0 aliphatic carbocycles. The Kier molecular flexibility index (Phi) is 5.88. The average Bonchev–Trinajstić information content (AvgIpc) is 2.29. The molecule has 0 atom stereocenters. The van der Waals surface area contributed by atoms with Crippen LogP contribution < -0.4 is 5.32 Å². The number of carbonyl (C=O) groups excluding carboxylic acids is 1. The Morgan fingerprint density at radius 3 is 2.65 bits per heavy atom. The lowest BCUT2D eigenvalue weighted by Crippen LogP contribution is -2.45. The largest absolute Gasteiger partial charge is 0.396 e. The summed E-state index contributed by atoms with van der Waals surface area (Å²) in [4.78, 5) is 13.6. The zero-order chi connectivity index (χ0) is 12.7. The number of aliphatic hydroxyl groups is 1. The number of ether oxygens (including phenoxy) is 1. The summed E-state index contributed by atoms with van der Waals surface area (Å²) < 4.78 is 5.20. The summed E-state index contributed by atoms with van der Waals surface area (Å²) in [7, 11) is 0. The average molecular weight is 244 g/mol. The fourth-order valence-electron chi connectivity index (χ4n) is 1.82. The van der Waals surface area contributed by atoms with Gasteiger partial charge in [-0.1, -0.05) is 13.8 Å². The molecule has 0 bridgehead atoms. The molecule has 0 spiro atoms. The van der Waals surface area contributed by atoms with Crippen LogP contribution in [0.2, 0.25) is 0 Å². The minimum absolute atomic E-state index is 0.0278. The molecule has 5 nitrogen and oxygen atoms in total. The zero-order valence-electron chi connectivity index (χ0n) is 10.9. The number of hydrogen-bond donors (Lipinski definition) is 2. The second-order valence-electron chi connectivity index (χ2n) is 5.23. The molecule has 1 fully saturated rings. The topological polar surface area (TPSA) is 61.8 Å². The van der Waals surface area contributed by atoms with Crippen molar-refractivity contribution in [3.8, 4) is 0 Å². The van der Waals surface area contributed by atoms with Gasteiger partial charge in [0.2, 0.25) is 5.91 Å². The molecule has 1 aliphatic rings. The maximum Gasteiger partial charge on any atom is 0.236 e. The van der Waals surface area contributed by atoms with Crippen LogP contribution in [0.15, 0.2) is 0 Å². The van der Waals surface area contributed by atoms with E-state index < -0.39 is 0 Å². The van der Waals surface area contributed by atoms with Gasteiger partial charge in [0.1, 0.15) is 0 Å². The molecule has 0 unspecified atom stereocenters. The van der Waals surface area contributed by atoms with Crippen LogP contribution in [0.25, 0.3) is 0 Å². The van der Waals surface area contributed by atoms with Gasteiger partial charge in [0.15, 0.2) is 0 Å². The minimum Gasteiger partial charge on any atom is -0.396 e. The lowest BCUT2D eigenvalue weighted by atomic mass is 9.90. The SMILES string of the molecule is CC(C)(CCO)CNCC(=O)N1CCOCC1. The number of amides is 1. The molecule has 1 aliphatic heterocycles. The predicted molar refractivity (Wildman–Crippen MR) is 65.8 cm³/mol. The normalized spacial score (nSPS) is 17.2. The lowest BCUT2D eigenvalue weighted by Gasteiger charge is -2.28. The number of nitrogens with one attached hydrogen (secondary N) is 1. The van der Waals surface area contributed by atoms with E-state index in [-0.39, 0.29) is 17.9 Å². The molecule has 1 heterocycles. The van der Waals surface area contributed by atoms with Gasteiger partial charge in [-0.3, -0.25) is 4.79 Å². The molecule has 0 aromatic rings. The highest BCUT2D eigenvalue weighted by Gasteiger charge is 2.19. The predicted octanol–water partition coefficient (Wildman–Crippen LogP) is -0.157. The third-order valence-electron chi connectivity index (χ3n) is 3.03. The third-order valence-corrected chi connectivity index (χ3v) is 3.03. The van der Waals surface area contributed by atoms with Crippen LogP contribution in [0.3, 0.4) is 0 Å². The molecule has 5 heteroatoms. The summed E-state index contributed by atoms with van der Waals surface area (Å²) in [5, 5.41) is 12.1. The summed E-state index contributed by atoms with van der Waals surface area (Å²) in [6.07, 6.45) is 0.742. The van der Waals surface area contributed by atoms with Gasteiger partial charge < -0.3 is 20.1 Å². The molecule has 0 aromatic heterocycles. The van der Waals surface area contributed by atoms with Crippen LogP contribution >= 0.6 is 0 Å². The van der Waals surface area contributed by atoms with E-state index in [1.807, 2.05) is 4.90 Å². The van der Waals surface area contributed by atoms with Crippen molar-refractivity contribution >= 4 is 5.91 Å². The Balaban J connectivity index is 2.19. The summed E-state index contributed by atoms with van der Waals surface area (Å²) in [5.41, 5.74) is 0.0278. The highest BCUT2D eigenvalue weighted by Crippen LogP contribution is 2.17. The van der Waals surface area contributed by atoms with Gasteiger partial charge in [-0.15, -0.1) is 0 Å². The zero-order valence-corrected chi connectivity index (χ0v) is 10.9. The lowest BCUT2D eigenvalue weighted by molar-refractivity contribution is -0.134. The van der Waals surface area contributed by atoms with Crippen LogP contribution in [0, 0.1) is 5.41 Å². The molecule has 1 amide bonds. The number of morpholine rings is 1. The van der Waals surface area contributed by atoms with Crippen molar-refractivity contribution in [3.63, 3.8) is 0 Å². The molecular formula is C12H24N2O3. The highest BCUT2D eigenvalue weighted by molar-refractivity contribution is 5.78. The maximum absolute atomic E-state index is 11.8. The van der Waals surface area contributed by atoms with Crippen molar-refractivity contribution in [3.05, 3.63) is 0 Å². The van der Waals surface area contributed by atoms with E-state index in [1.165, 1.54) is 0 Å². The monoisotopic (exact) mass is 244 g/mol. The molecule has 1 rings (SSSR count). The molecule has 1 saturated heterocycles. The first-order valence-electron chi connectivity index (χ1n) is 6.22. The Labute approximate surface area is 103 Å². The summed E-state index contributed by atoms with van der Waals surface area (Å²) in [6, 6.07) is 0. The number of aliphatic hydroxyl groups excluding tert-OH is 1. The van der Waals surface area contributed by atoms with Crippen molar-refractivity contribution in [2.24, 2.45) is 5.41 Å². The van der Waals surface area contributed by atoms with Gasteiger partial charge in [-0.25, -0.2) is 0 Å². The van der Waals surface area contributed by atoms with Gasteiger partial charge in [0.05, 0.1) is 19.8 Å². The minimum atomic E-state index is 0.0278. The van der Waals surface area contributed by atoms with Gasteiger partial charge >= 0.3 is 0 Å². The first-order valence-corrected chi connectivity index (χ1v) is 6.22. The number of carbonyl (C=O) groups is 1. The van der Waals surface area contributed by atoms with Crippen molar-refractivity contribution < 1.29 is 14.6 Å². The smallest absolute Gasteiger partial charge is 0.236 e. The Hall–Kier alpha value is -0.650. The van der Waals surface area contributed by atoms with E-state index in [2.05, 4.69) is 19.2 Å². The Bertz CT molecular complexity index is 238. The Morgan fingerprint density at radius 2 is 2.06 bits per heavy atom. The molecule has 100 valence electrons. The quantitative estimate of drug-likeness (QED) is 0.682. The molecule has 2 N–H and O–H groups in total. The van der Waals surface area contributed by atoms with E-state index in [4.69, 9.17) is 9.84 Å². The van der Waals surface area contributed by atoms with E-state index in [0.717, 1.165) is 13.0 Å². The molecular weight excluding hydrogens is 220 g/mol. The van der Waals surface area contributed by atoms with Crippen LogP contribution in [0.5, 0.6) is 0 Å². The number of rotatable bonds is 6. The molecule has 0 radical (unpaired) electrons. The van der Waals surface area contributed by atoms with Crippen LogP contribution in [-0.4, -0.2) is 61.9 Å². The maximum atomic E-state index is 11.8. The van der Waals surface area contributed by atoms with Crippen molar-refractivity contribution in [1.29, 1.82) is 0 Å². The summed E-state index contributed by atoms with van der Waals surface area (Å²) in [6.45, 7) is 8.13. The van der Waals surface area contributed by atoms with E-state index in [9.17, 15) is 4.79 Å². The fourth-order valence-corrected chi connectivity index (χ4v) is 1.82. The standard InChI is InChI=1S/C12H24N2O3/c1-12(2,3-6-15)10-13-9-11(16)14-4-7-17-8-5-14/h13,15H,3-10H2,1-2H3. The summed E-state index contributed by atoms with van der Waals surface area (Å²) >= 11 is 0. The first kappa shape index (κ1) is 14.4. The Morgan fingerprint density at radius 1 is 1.41 bits per heavy atom. The second-order valence-corrected chi connectivity index (χ2v) is 5.23. The van der Waals surface area contributed by atoms with Crippen molar-refractivity contribution in [2.75, 3.05) is 46.0 Å². The van der Waals surface area contributed by atoms with Crippen molar-refractivity contribution in [1.82, 2.24) is 10.2 Å². The highest BCUT2D eigenvalue weighted by atomic mass is 16.5.